The highest BCUT2D eigenvalue weighted by Crippen LogP contribution is 2.10. The SMILES string of the molecule is CC(NC(=O)c1ccc(Br)nc1)C(=O)N1CCCCC1. The van der Waals surface area contributed by atoms with Gasteiger partial charge in [0.1, 0.15) is 10.6 Å². The highest BCUT2D eigenvalue weighted by Gasteiger charge is 2.23. The summed E-state index contributed by atoms with van der Waals surface area (Å²) in [4.78, 5) is 30.1. The van der Waals surface area contributed by atoms with Gasteiger partial charge in [0, 0.05) is 19.3 Å². The van der Waals surface area contributed by atoms with Crippen molar-refractivity contribution >= 4 is 27.7 Å². The van der Waals surface area contributed by atoms with E-state index in [0.717, 1.165) is 25.9 Å². The highest BCUT2D eigenvalue weighted by molar-refractivity contribution is 9.10. The van der Waals surface area contributed by atoms with Crippen LogP contribution in [0.15, 0.2) is 22.9 Å². The summed E-state index contributed by atoms with van der Waals surface area (Å²) in [5.41, 5.74) is 0.450. The fourth-order valence-corrected chi connectivity index (χ4v) is 2.47. The summed E-state index contributed by atoms with van der Waals surface area (Å²) in [5.74, 6) is -0.286. The zero-order chi connectivity index (χ0) is 14.5. The third kappa shape index (κ3) is 3.79. The largest absolute Gasteiger partial charge is 0.341 e. The Morgan fingerprint density at radius 2 is 2.00 bits per heavy atom. The Bertz CT molecular complexity index is 484. The smallest absolute Gasteiger partial charge is 0.253 e. The molecule has 5 nitrogen and oxygen atoms in total. The molecule has 1 aliphatic heterocycles. The van der Waals surface area contributed by atoms with Gasteiger partial charge in [-0.15, -0.1) is 0 Å². The van der Waals surface area contributed by atoms with E-state index in [9.17, 15) is 9.59 Å². The van der Waals surface area contributed by atoms with Crippen LogP contribution in [0.3, 0.4) is 0 Å². The van der Waals surface area contributed by atoms with Crippen molar-refractivity contribution in [2.24, 2.45) is 0 Å². The number of carbonyl (C=O) groups is 2. The van der Waals surface area contributed by atoms with E-state index in [1.807, 2.05) is 4.90 Å². The van der Waals surface area contributed by atoms with Gasteiger partial charge < -0.3 is 10.2 Å². The van der Waals surface area contributed by atoms with Crippen LogP contribution in [-0.4, -0.2) is 40.8 Å². The summed E-state index contributed by atoms with van der Waals surface area (Å²) in [6, 6.07) is 2.86. The molecule has 2 amide bonds. The number of halogens is 1. The maximum Gasteiger partial charge on any atom is 0.253 e. The summed E-state index contributed by atoms with van der Waals surface area (Å²) in [6.45, 7) is 3.30. The lowest BCUT2D eigenvalue weighted by Gasteiger charge is -2.29. The van der Waals surface area contributed by atoms with Crippen molar-refractivity contribution in [3.63, 3.8) is 0 Å². The van der Waals surface area contributed by atoms with Gasteiger partial charge in [-0.05, 0) is 54.2 Å². The standard InChI is InChI=1S/C14H18BrN3O2/c1-10(14(20)18-7-3-2-4-8-18)17-13(19)11-5-6-12(15)16-9-11/h5-6,9-10H,2-4,7-8H2,1H3,(H,17,19). The number of nitrogens with zero attached hydrogens (tertiary/aromatic N) is 2. The van der Waals surface area contributed by atoms with Crippen LogP contribution in [0.1, 0.15) is 36.5 Å². The molecule has 0 radical (unpaired) electrons. The van der Waals surface area contributed by atoms with Crippen LogP contribution in [-0.2, 0) is 4.79 Å². The summed E-state index contributed by atoms with van der Waals surface area (Å²) in [5, 5.41) is 2.73. The second-order valence-electron chi connectivity index (χ2n) is 4.95. The molecule has 1 atom stereocenters. The molecule has 1 aromatic heterocycles. The van der Waals surface area contributed by atoms with Gasteiger partial charge in [0.05, 0.1) is 5.56 Å². The number of aromatic nitrogens is 1. The average Bonchev–Trinajstić information content (AvgIpc) is 2.48. The summed E-state index contributed by atoms with van der Waals surface area (Å²) < 4.78 is 0.673. The third-order valence-electron chi connectivity index (χ3n) is 3.38. The van der Waals surface area contributed by atoms with Gasteiger partial charge in [-0.1, -0.05) is 0 Å². The predicted octanol–water partition coefficient (Wildman–Crippen LogP) is 1.97. The number of pyridine rings is 1. The highest BCUT2D eigenvalue weighted by atomic mass is 79.9. The van der Waals surface area contributed by atoms with Gasteiger partial charge in [0.2, 0.25) is 5.91 Å². The third-order valence-corrected chi connectivity index (χ3v) is 3.84. The van der Waals surface area contributed by atoms with Crippen molar-refractivity contribution in [2.75, 3.05) is 13.1 Å². The quantitative estimate of drug-likeness (QED) is 0.856. The van der Waals surface area contributed by atoms with E-state index in [1.165, 1.54) is 12.6 Å². The number of rotatable bonds is 3. The van der Waals surface area contributed by atoms with Crippen LogP contribution < -0.4 is 5.32 Å². The first-order valence-corrected chi connectivity index (χ1v) is 7.58. The molecule has 0 spiro atoms. The molecule has 20 heavy (non-hydrogen) atoms. The number of carbonyl (C=O) groups excluding carboxylic acids is 2. The van der Waals surface area contributed by atoms with Gasteiger partial charge in [0.25, 0.3) is 5.91 Å². The number of piperidine rings is 1. The van der Waals surface area contributed by atoms with Crippen molar-refractivity contribution in [1.29, 1.82) is 0 Å². The van der Waals surface area contributed by atoms with E-state index >= 15 is 0 Å². The minimum absolute atomic E-state index is 0.0110. The fourth-order valence-electron chi connectivity index (χ4n) is 2.24. The van der Waals surface area contributed by atoms with E-state index < -0.39 is 6.04 Å². The molecule has 0 bridgehead atoms. The Morgan fingerprint density at radius 3 is 2.60 bits per heavy atom. The van der Waals surface area contributed by atoms with E-state index in [4.69, 9.17) is 0 Å². The molecule has 1 unspecified atom stereocenters. The number of hydrogen-bond acceptors (Lipinski definition) is 3. The molecule has 1 fully saturated rings. The molecule has 0 saturated carbocycles. The Labute approximate surface area is 126 Å². The number of nitrogens with one attached hydrogen (secondary N) is 1. The molecule has 2 heterocycles. The molecule has 1 aliphatic rings. The lowest BCUT2D eigenvalue weighted by molar-refractivity contribution is -0.133. The Kier molecular flexibility index (Phi) is 5.11. The molecule has 1 saturated heterocycles. The molecule has 1 N–H and O–H groups in total. The van der Waals surface area contributed by atoms with Crippen LogP contribution in [0.25, 0.3) is 0 Å². The number of amides is 2. The van der Waals surface area contributed by atoms with Gasteiger partial charge in [-0.25, -0.2) is 4.98 Å². The van der Waals surface area contributed by atoms with Crippen LogP contribution >= 0.6 is 15.9 Å². The Hall–Kier alpha value is -1.43. The van der Waals surface area contributed by atoms with Crippen LogP contribution in [0.4, 0.5) is 0 Å². The lowest BCUT2D eigenvalue weighted by Crippen LogP contribution is -2.48. The molecule has 0 aliphatic carbocycles. The molecular formula is C14H18BrN3O2. The van der Waals surface area contributed by atoms with E-state index in [0.29, 0.717) is 10.2 Å². The first-order chi connectivity index (χ1) is 9.58. The van der Waals surface area contributed by atoms with Crippen LogP contribution in [0, 0.1) is 0 Å². The van der Waals surface area contributed by atoms with Gasteiger partial charge in [-0.2, -0.15) is 0 Å². The predicted molar refractivity (Wildman–Crippen MR) is 79.3 cm³/mol. The van der Waals surface area contributed by atoms with Crippen molar-refractivity contribution in [1.82, 2.24) is 15.2 Å². The normalized spacial score (nSPS) is 16.6. The van der Waals surface area contributed by atoms with Crippen molar-refractivity contribution in [3.8, 4) is 0 Å². The minimum atomic E-state index is -0.510. The van der Waals surface area contributed by atoms with Crippen LogP contribution in [0.2, 0.25) is 0 Å². The molecule has 6 heteroatoms. The zero-order valence-corrected chi connectivity index (χ0v) is 13.0. The van der Waals surface area contributed by atoms with E-state index in [1.54, 1.807) is 19.1 Å². The van der Waals surface area contributed by atoms with E-state index in [-0.39, 0.29) is 11.8 Å². The van der Waals surface area contributed by atoms with Crippen molar-refractivity contribution < 1.29 is 9.59 Å². The van der Waals surface area contributed by atoms with Gasteiger partial charge in [-0.3, -0.25) is 9.59 Å². The molecule has 108 valence electrons. The van der Waals surface area contributed by atoms with Gasteiger partial charge >= 0.3 is 0 Å². The Balaban J connectivity index is 1.92. The summed E-state index contributed by atoms with van der Waals surface area (Å²) in [7, 11) is 0. The second-order valence-corrected chi connectivity index (χ2v) is 5.76. The first kappa shape index (κ1) is 15.0. The number of hydrogen-bond donors (Lipinski definition) is 1. The molecule has 0 aromatic carbocycles. The second kappa shape index (κ2) is 6.83. The molecule has 1 aromatic rings. The zero-order valence-electron chi connectivity index (χ0n) is 11.4. The summed E-state index contributed by atoms with van der Waals surface area (Å²) >= 11 is 3.22. The van der Waals surface area contributed by atoms with Crippen LogP contribution in [0.5, 0.6) is 0 Å². The minimum Gasteiger partial charge on any atom is -0.341 e. The molecule has 2 rings (SSSR count). The first-order valence-electron chi connectivity index (χ1n) is 6.79. The monoisotopic (exact) mass is 339 g/mol. The topological polar surface area (TPSA) is 62.3 Å². The van der Waals surface area contributed by atoms with Gasteiger partial charge in [0.15, 0.2) is 0 Å². The average molecular weight is 340 g/mol. The molecular weight excluding hydrogens is 322 g/mol. The fraction of sp³-hybridized carbons (Fsp3) is 0.500. The number of likely N-dealkylation sites (tertiary alicyclic amines) is 1. The van der Waals surface area contributed by atoms with Crippen molar-refractivity contribution in [2.45, 2.75) is 32.2 Å². The van der Waals surface area contributed by atoms with E-state index in [2.05, 4.69) is 26.2 Å². The maximum atomic E-state index is 12.2. The lowest BCUT2D eigenvalue weighted by atomic mass is 10.1. The Morgan fingerprint density at radius 1 is 1.30 bits per heavy atom. The summed E-state index contributed by atoms with van der Waals surface area (Å²) in [6.07, 6.45) is 4.75. The van der Waals surface area contributed by atoms with Crippen molar-refractivity contribution in [3.05, 3.63) is 28.5 Å². The maximum absolute atomic E-state index is 12.2.